The molecular weight excluding hydrogens is 304 g/mol. The van der Waals surface area contributed by atoms with Crippen LogP contribution in [0.4, 0.5) is 0 Å². The number of aromatic nitrogens is 2. The lowest BCUT2D eigenvalue weighted by molar-refractivity contribution is 0.112. The van der Waals surface area contributed by atoms with Crippen LogP contribution in [0.5, 0.6) is 0 Å². The Morgan fingerprint density at radius 3 is 2.68 bits per heavy atom. The molecule has 0 fully saturated rings. The molecule has 94 valence electrons. The van der Waals surface area contributed by atoms with Gasteiger partial charge in [0.25, 0.3) is 0 Å². The topological polar surface area (TPSA) is 34.4 Å². The minimum atomic E-state index is 0.655. The zero-order chi connectivity index (χ0) is 13.2. The van der Waals surface area contributed by atoms with E-state index in [0.29, 0.717) is 5.56 Å². The number of pyridine rings is 1. The van der Waals surface area contributed by atoms with Crippen LogP contribution in [0, 0.1) is 0 Å². The molecule has 0 saturated heterocycles. The Morgan fingerprint density at radius 1 is 1.16 bits per heavy atom. The van der Waals surface area contributed by atoms with Gasteiger partial charge in [0.15, 0.2) is 6.29 Å². The van der Waals surface area contributed by atoms with Crippen molar-refractivity contribution in [3.63, 3.8) is 0 Å². The Balaban J connectivity index is 2.00. The van der Waals surface area contributed by atoms with Gasteiger partial charge in [0, 0.05) is 22.7 Å². The fourth-order valence-corrected chi connectivity index (χ4v) is 2.31. The van der Waals surface area contributed by atoms with Crippen LogP contribution in [0.25, 0.3) is 5.52 Å². The molecular formula is C15H11BrN2O. The second kappa shape index (κ2) is 4.97. The van der Waals surface area contributed by atoms with Crippen molar-refractivity contribution in [1.29, 1.82) is 0 Å². The van der Waals surface area contributed by atoms with Crippen LogP contribution in [0.3, 0.4) is 0 Å². The third kappa shape index (κ3) is 2.44. The molecule has 0 amide bonds. The number of benzene rings is 1. The number of rotatable bonds is 3. The molecule has 0 unspecified atom stereocenters. The van der Waals surface area contributed by atoms with Crippen molar-refractivity contribution < 1.29 is 4.79 Å². The second-order valence-corrected chi connectivity index (χ2v) is 5.27. The zero-order valence-corrected chi connectivity index (χ0v) is 11.7. The number of nitrogens with zero attached hydrogens (tertiary/aromatic N) is 2. The van der Waals surface area contributed by atoms with Gasteiger partial charge in [0.1, 0.15) is 5.82 Å². The van der Waals surface area contributed by atoms with Crippen LogP contribution < -0.4 is 0 Å². The molecule has 0 radical (unpaired) electrons. The number of hydrogen-bond acceptors (Lipinski definition) is 2. The fraction of sp³-hybridized carbons (Fsp3) is 0.0667. The number of hydrogen-bond donors (Lipinski definition) is 0. The van der Waals surface area contributed by atoms with Gasteiger partial charge in [-0.2, -0.15) is 0 Å². The van der Waals surface area contributed by atoms with Gasteiger partial charge in [0.05, 0.1) is 11.7 Å². The molecule has 0 saturated carbocycles. The van der Waals surface area contributed by atoms with Gasteiger partial charge >= 0.3 is 0 Å². The molecule has 2 heterocycles. The maximum absolute atomic E-state index is 10.8. The molecule has 0 atom stereocenters. The summed E-state index contributed by atoms with van der Waals surface area (Å²) in [4.78, 5) is 15.3. The van der Waals surface area contributed by atoms with E-state index in [0.717, 1.165) is 28.5 Å². The highest BCUT2D eigenvalue weighted by Gasteiger charge is 2.05. The Kier molecular flexibility index (Phi) is 3.17. The molecule has 4 heteroatoms. The smallest absolute Gasteiger partial charge is 0.151 e. The van der Waals surface area contributed by atoms with E-state index in [2.05, 4.69) is 33.0 Å². The summed E-state index contributed by atoms with van der Waals surface area (Å²) >= 11 is 3.42. The molecule has 0 N–H and O–H groups in total. The maximum atomic E-state index is 10.8. The molecule has 3 nitrogen and oxygen atoms in total. The average molecular weight is 315 g/mol. The summed E-state index contributed by atoms with van der Waals surface area (Å²) in [7, 11) is 0. The average Bonchev–Trinajstić information content (AvgIpc) is 2.84. The molecule has 0 aliphatic heterocycles. The number of carbonyl (C=O) groups excluding carboxylic acids is 1. The Hall–Kier alpha value is -1.94. The molecule has 19 heavy (non-hydrogen) atoms. The van der Waals surface area contributed by atoms with E-state index in [1.165, 1.54) is 5.56 Å². The largest absolute Gasteiger partial charge is 0.303 e. The number of carbonyl (C=O) groups is 1. The van der Waals surface area contributed by atoms with Gasteiger partial charge < -0.3 is 4.40 Å². The van der Waals surface area contributed by atoms with Crippen LogP contribution in [-0.4, -0.2) is 15.7 Å². The van der Waals surface area contributed by atoms with Gasteiger partial charge in [-0.05, 0) is 29.8 Å². The summed E-state index contributed by atoms with van der Waals surface area (Å²) < 4.78 is 3.03. The molecule has 0 aliphatic carbocycles. The lowest BCUT2D eigenvalue weighted by atomic mass is 10.1. The van der Waals surface area contributed by atoms with E-state index in [9.17, 15) is 4.79 Å². The number of fused-ring (bicyclic) bond motifs is 1. The highest BCUT2D eigenvalue weighted by atomic mass is 79.9. The first-order valence-corrected chi connectivity index (χ1v) is 6.71. The number of aldehydes is 1. The molecule has 0 aliphatic rings. The van der Waals surface area contributed by atoms with Crippen LogP contribution in [0.1, 0.15) is 21.7 Å². The first kappa shape index (κ1) is 12.1. The van der Waals surface area contributed by atoms with Crippen LogP contribution in [0.15, 0.2) is 53.3 Å². The third-order valence-corrected chi connectivity index (χ3v) is 3.57. The first-order valence-electron chi connectivity index (χ1n) is 5.92. The second-order valence-electron chi connectivity index (χ2n) is 4.35. The molecule has 3 aromatic rings. The number of imidazole rings is 1. The Bertz CT molecular complexity index is 731. The fourth-order valence-electron chi connectivity index (χ4n) is 2.05. The Morgan fingerprint density at radius 2 is 1.95 bits per heavy atom. The third-order valence-electron chi connectivity index (χ3n) is 3.04. The van der Waals surface area contributed by atoms with Crippen LogP contribution in [0.2, 0.25) is 0 Å². The van der Waals surface area contributed by atoms with Gasteiger partial charge in [-0.3, -0.25) is 4.79 Å². The van der Waals surface area contributed by atoms with Crippen molar-refractivity contribution in [1.82, 2.24) is 9.38 Å². The lowest BCUT2D eigenvalue weighted by Gasteiger charge is -2.03. The molecule has 0 spiro atoms. The van der Waals surface area contributed by atoms with E-state index < -0.39 is 0 Å². The van der Waals surface area contributed by atoms with Gasteiger partial charge in [-0.1, -0.05) is 28.1 Å². The van der Waals surface area contributed by atoms with Crippen molar-refractivity contribution in [2.24, 2.45) is 0 Å². The summed E-state index contributed by atoms with van der Waals surface area (Å²) in [5.41, 5.74) is 2.84. The molecule has 3 rings (SSSR count). The Labute approximate surface area is 119 Å². The predicted molar refractivity (Wildman–Crippen MR) is 77.5 cm³/mol. The predicted octanol–water partition coefficient (Wildman–Crippen LogP) is 3.50. The van der Waals surface area contributed by atoms with Crippen molar-refractivity contribution in [3.8, 4) is 0 Å². The van der Waals surface area contributed by atoms with Crippen molar-refractivity contribution in [3.05, 3.63) is 70.2 Å². The minimum Gasteiger partial charge on any atom is -0.303 e. The van der Waals surface area contributed by atoms with Gasteiger partial charge in [-0.25, -0.2) is 4.98 Å². The van der Waals surface area contributed by atoms with Crippen LogP contribution >= 0.6 is 15.9 Å². The van der Waals surface area contributed by atoms with Gasteiger partial charge in [-0.15, -0.1) is 0 Å². The van der Waals surface area contributed by atoms with Crippen LogP contribution in [-0.2, 0) is 6.42 Å². The van der Waals surface area contributed by atoms with Crippen molar-refractivity contribution in [2.45, 2.75) is 6.42 Å². The maximum Gasteiger partial charge on any atom is 0.151 e. The monoisotopic (exact) mass is 314 g/mol. The lowest BCUT2D eigenvalue weighted by Crippen LogP contribution is -1.97. The van der Waals surface area contributed by atoms with E-state index in [1.807, 2.05) is 35.0 Å². The quantitative estimate of drug-likeness (QED) is 0.693. The van der Waals surface area contributed by atoms with E-state index in [4.69, 9.17) is 0 Å². The first-order chi connectivity index (χ1) is 9.26. The highest BCUT2D eigenvalue weighted by Crippen LogP contribution is 2.15. The summed E-state index contributed by atoms with van der Waals surface area (Å²) in [5.74, 6) is 0.932. The van der Waals surface area contributed by atoms with Crippen molar-refractivity contribution in [2.75, 3.05) is 0 Å². The summed E-state index contributed by atoms with van der Waals surface area (Å²) in [6, 6.07) is 11.9. The summed E-state index contributed by atoms with van der Waals surface area (Å²) in [6.45, 7) is 0. The zero-order valence-electron chi connectivity index (χ0n) is 10.1. The SMILES string of the molecule is O=Cc1ccc2cnc(Cc3ccc(Br)cc3)n2c1. The molecule has 1 aromatic carbocycles. The number of halogens is 1. The van der Waals surface area contributed by atoms with Gasteiger partial charge in [0.2, 0.25) is 0 Å². The molecule has 2 aromatic heterocycles. The summed E-state index contributed by atoms with van der Waals surface area (Å²) in [5, 5.41) is 0. The van der Waals surface area contributed by atoms with E-state index in [1.54, 1.807) is 6.07 Å². The van der Waals surface area contributed by atoms with E-state index >= 15 is 0 Å². The highest BCUT2D eigenvalue weighted by molar-refractivity contribution is 9.10. The van der Waals surface area contributed by atoms with E-state index in [-0.39, 0.29) is 0 Å². The standard InChI is InChI=1S/C15H11BrN2O/c16-13-4-1-11(2-5-13)7-15-17-8-14-6-3-12(10-19)9-18(14)15/h1-6,8-10H,7H2. The summed E-state index contributed by atoms with van der Waals surface area (Å²) in [6.07, 6.45) is 5.24. The molecule has 0 bridgehead atoms. The van der Waals surface area contributed by atoms with Crippen molar-refractivity contribution >= 4 is 27.7 Å². The minimum absolute atomic E-state index is 0.655. The normalized spacial score (nSPS) is 10.8.